The molecule has 0 aliphatic rings. The number of halogens is 1. The van der Waals surface area contributed by atoms with Crippen molar-refractivity contribution in [3.63, 3.8) is 0 Å². The van der Waals surface area contributed by atoms with Crippen molar-refractivity contribution in [2.75, 3.05) is 0 Å². The zero-order chi connectivity index (χ0) is 7.44. The standard InChI is InChI=1S/C5H6BrNO2/c1-3(5(8)9)7-4(2)6/h1H2,2H3,(H,8,9)/b7-4+. The molecule has 50 valence electrons. The predicted molar refractivity (Wildman–Crippen MR) is 38.8 cm³/mol. The topological polar surface area (TPSA) is 49.7 Å². The molecule has 0 rings (SSSR count). The number of rotatable bonds is 2. The van der Waals surface area contributed by atoms with E-state index in [9.17, 15) is 4.79 Å². The van der Waals surface area contributed by atoms with Crippen molar-refractivity contribution in [2.45, 2.75) is 6.92 Å². The molecule has 1 N–H and O–H groups in total. The Labute approximate surface area is 61.2 Å². The van der Waals surface area contributed by atoms with Gasteiger partial charge in [-0.25, -0.2) is 9.79 Å². The number of aliphatic imine (C=N–C) groups is 1. The first-order valence-electron chi connectivity index (χ1n) is 2.17. The maximum Gasteiger partial charge on any atom is 0.353 e. The first kappa shape index (κ1) is 8.36. The van der Waals surface area contributed by atoms with E-state index in [1.807, 2.05) is 0 Å². The van der Waals surface area contributed by atoms with Gasteiger partial charge in [0.25, 0.3) is 0 Å². The summed E-state index contributed by atoms with van der Waals surface area (Å²) in [7, 11) is 0. The zero-order valence-corrected chi connectivity index (χ0v) is 6.47. The van der Waals surface area contributed by atoms with E-state index in [-0.39, 0.29) is 5.70 Å². The third kappa shape index (κ3) is 3.90. The van der Waals surface area contributed by atoms with E-state index >= 15 is 0 Å². The number of carboxylic acids is 1. The fourth-order valence-electron chi connectivity index (χ4n) is 0.234. The first-order chi connectivity index (χ1) is 4.04. The van der Waals surface area contributed by atoms with Gasteiger partial charge in [-0.05, 0) is 22.9 Å². The maximum absolute atomic E-state index is 10.0. The molecule has 3 nitrogen and oxygen atoms in total. The second-order valence-electron chi connectivity index (χ2n) is 1.36. The van der Waals surface area contributed by atoms with Crippen LogP contribution in [-0.2, 0) is 4.79 Å². The van der Waals surface area contributed by atoms with E-state index in [4.69, 9.17) is 5.11 Å². The normalized spacial score (nSPS) is 11.1. The Hall–Kier alpha value is -0.640. The van der Waals surface area contributed by atoms with Crippen LogP contribution in [0.2, 0.25) is 0 Å². The molecular formula is C5H6BrNO2. The molecule has 0 spiro atoms. The van der Waals surface area contributed by atoms with Crippen molar-refractivity contribution in [1.29, 1.82) is 0 Å². The Balaban J connectivity index is 4.09. The lowest BCUT2D eigenvalue weighted by molar-refractivity contribution is -0.132. The summed E-state index contributed by atoms with van der Waals surface area (Å²) in [5, 5.41) is 8.20. The highest BCUT2D eigenvalue weighted by atomic mass is 79.9. The fourth-order valence-corrected chi connectivity index (χ4v) is 0.448. The molecule has 0 aliphatic heterocycles. The molecule has 0 atom stereocenters. The molecular weight excluding hydrogens is 186 g/mol. The highest BCUT2D eigenvalue weighted by Crippen LogP contribution is 1.96. The van der Waals surface area contributed by atoms with Gasteiger partial charge in [0.2, 0.25) is 0 Å². The molecule has 0 amide bonds. The van der Waals surface area contributed by atoms with Gasteiger partial charge in [-0.1, -0.05) is 6.58 Å². The van der Waals surface area contributed by atoms with Crippen LogP contribution in [0.25, 0.3) is 0 Å². The van der Waals surface area contributed by atoms with E-state index in [0.717, 1.165) is 0 Å². The Morgan fingerprint density at radius 2 is 2.22 bits per heavy atom. The van der Waals surface area contributed by atoms with Gasteiger partial charge in [-0.3, -0.25) is 0 Å². The van der Waals surface area contributed by atoms with Gasteiger partial charge in [-0.15, -0.1) is 0 Å². The van der Waals surface area contributed by atoms with Crippen molar-refractivity contribution in [2.24, 2.45) is 4.99 Å². The summed E-state index contributed by atoms with van der Waals surface area (Å²) in [5.74, 6) is -1.10. The summed E-state index contributed by atoms with van der Waals surface area (Å²) < 4.78 is 0.509. The average Bonchev–Trinajstić information content (AvgIpc) is 1.63. The molecule has 0 bridgehead atoms. The summed E-state index contributed by atoms with van der Waals surface area (Å²) in [6, 6.07) is 0. The summed E-state index contributed by atoms with van der Waals surface area (Å²) in [6.45, 7) is 4.81. The van der Waals surface area contributed by atoms with E-state index in [2.05, 4.69) is 27.5 Å². The van der Waals surface area contributed by atoms with E-state index in [1.165, 1.54) is 0 Å². The van der Waals surface area contributed by atoms with Crippen LogP contribution in [-0.4, -0.2) is 15.7 Å². The van der Waals surface area contributed by atoms with Crippen LogP contribution in [0.4, 0.5) is 0 Å². The minimum Gasteiger partial charge on any atom is -0.477 e. The summed E-state index contributed by atoms with van der Waals surface area (Å²) >= 11 is 2.97. The van der Waals surface area contributed by atoms with E-state index < -0.39 is 5.97 Å². The van der Waals surface area contributed by atoms with Gasteiger partial charge in [-0.2, -0.15) is 0 Å². The Morgan fingerprint density at radius 1 is 1.78 bits per heavy atom. The van der Waals surface area contributed by atoms with Crippen LogP contribution in [0, 0.1) is 0 Å². The molecule has 0 heterocycles. The number of hydrogen-bond donors (Lipinski definition) is 1. The first-order valence-corrected chi connectivity index (χ1v) is 2.96. The van der Waals surface area contributed by atoms with Gasteiger partial charge in [0.15, 0.2) is 0 Å². The van der Waals surface area contributed by atoms with Crippen molar-refractivity contribution < 1.29 is 9.90 Å². The van der Waals surface area contributed by atoms with E-state index in [1.54, 1.807) is 6.92 Å². The Morgan fingerprint density at radius 3 is 2.33 bits per heavy atom. The molecule has 0 aromatic rings. The smallest absolute Gasteiger partial charge is 0.353 e. The zero-order valence-electron chi connectivity index (χ0n) is 4.89. The second kappa shape index (κ2) is 3.40. The molecule has 0 aromatic heterocycles. The molecule has 0 fully saturated rings. The Bertz CT molecular complexity index is 170. The SMILES string of the molecule is C=C(/N=C(\C)Br)C(=O)O. The van der Waals surface area contributed by atoms with Gasteiger partial charge in [0.1, 0.15) is 5.70 Å². The predicted octanol–water partition coefficient (Wildman–Crippen LogP) is 1.40. The molecule has 0 aliphatic carbocycles. The lowest BCUT2D eigenvalue weighted by Gasteiger charge is -1.88. The van der Waals surface area contributed by atoms with Crippen LogP contribution < -0.4 is 0 Å². The third-order valence-electron chi connectivity index (χ3n) is 0.536. The summed E-state index contributed by atoms with van der Waals surface area (Å²) in [5.41, 5.74) is -0.163. The summed E-state index contributed by atoms with van der Waals surface area (Å²) in [6.07, 6.45) is 0. The van der Waals surface area contributed by atoms with Gasteiger partial charge in [0.05, 0.1) is 4.62 Å². The number of aliphatic carboxylic acids is 1. The number of hydrogen-bond acceptors (Lipinski definition) is 2. The number of carboxylic acid groups (broad SMARTS) is 1. The van der Waals surface area contributed by atoms with Gasteiger partial charge in [0, 0.05) is 0 Å². The van der Waals surface area contributed by atoms with Crippen molar-refractivity contribution in [3.05, 3.63) is 12.3 Å². The van der Waals surface area contributed by atoms with Crippen LogP contribution in [0.3, 0.4) is 0 Å². The van der Waals surface area contributed by atoms with Crippen LogP contribution in [0.1, 0.15) is 6.92 Å². The van der Waals surface area contributed by atoms with Crippen LogP contribution >= 0.6 is 15.9 Å². The lowest BCUT2D eigenvalue weighted by atomic mass is 10.5. The van der Waals surface area contributed by atoms with E-state index in [0.29, 0.717) is 4.62 Å². The molecule has 0 radical (unpaired) electrons. The highest BCUT2D eigenvalue weighted by Gasteiger charge is 1.99. The molecule has 0 unspecified atom stereocenters. The monoisotopic (exact) mass is 191 g/mol. The molecule has 0 saturated heterocycles. The van der Waals surface area contributed by atoms with Crippen molar-refractivity contribution >= 4 is 26.5 Å². The lowest BCUT2D eigenvalue weighted by Crippen LogP contribution is -1.96. The Kier molecular flexibility index (Phi) is 3.16. The maximum atomic E-state index is 10.0. The number of nitrogens with zero attached hydrogens (tertiary/aromatic N) is 1. The summed E-state index contributed by atoms with van der Waals surface area (Å²) in [4.78, 5) is 13.5. The van der Waals surface area contributed by atoms with Crippen molar-refractivity contribution in [3.8, 4) is 0 Å². The second-order valence-corrected chi connectivity index (χ2v) is 2.51. The fraction of sp³-hybridized carbons (Fsp3) is 0.200. The molecule has 0 aromatic carbocycles. The minimum absolute atomic E-state index is 0.163. The van der Waals surface area contributed by atoms with Crippen LogP contribution in [0.5, 0.6) is 0 Å². The van der Waals surface area contributed by atoms with Crippen LogP contribution in [0.15, 0.2) is 17.3 Å². The largest absolute Gasteiger partial charge is 0.477 e. The van der Waals surface area contributed by atoms with Crippen molar-refractivity contribution in [1.82, 2.24) is 0 Å². The molecule has 0 saturated carbocycles. The minimum atomic E-state index is -1.10. The quantitative estimate of drug-likeness (QED) is 0.530. The third-order valence-corrected chi connectivity index (χ3v) is 0.713. The number of carbonyl (C=O) groups is 1. The van der Waals surface area contributed by atoms with Gasteiger partial charge < -0.3 is 5.11 Å². The van der Waals surface area contributed by atoms with Gasteiger partial charge >= 0.3 is 5.97 Å². The molecule has 4 heteroatoms. The molecule has 9 heavy (non-hydrogen) atoms. The highest BCUT2D eigenvalue weighted by molar-refractivity contribution is 9.18. The average molecular weight is 192 g/mol.